The van der Waals surface area contributed by atoms with E-state index in [1.165, 1.54) is 7.11 Å². The van der Waals surface area contributed by atoms with Crippen LogP contribution in [0.5, 0.6) is 5.75 Å². The first kappa shape index (κ1) is 15.7. The van der Waals surface area contributed by atoms with Crippen LogP contribution in [-0.4, -0.2) is 25.7 Å². The zero-order valence-corrected chi connectivity index (χ0v) is 13.3. The Morgan fingerprint density at radius 2 is 1.86 bits per heavy atom. The standard InChI is InChI=1S/C17H25NO3/c1-12-9-10-17(11-13(12)2,16(19)21-4)18-14-5-7-15(20-3)8-6-14/h5-8,12-13,18H,9-11H2,1-4H3. The van der Waals surface area contributed by atoms with Crippen molar-refractivity contribution in [2.24, 2.45) is 11.8 Å². The number of esters is 1. The Hall–Kier alpha value is -1.71. The number of carbonyl (C=O) groups is 1. The molecule has 0 amide bonds. The molecule has 4 nitrogen and oxygen atoms in total. The van der Waals surface area contributed by atoms with Gasteiger partial charge < -0.3 is 14.8 Å². The molecule has 0 aliphatic heterocycles. The predicted octanol–water partition coefficient (Wildman–Crippen LogP) is 3.48. The van der Waals surface area contributed by atoms with E-state index in [0.29, 0.717) is 11.8 Å². The number of carbonyl (C=O) groups excluding carboxylic acids is 1. The summed E-state index contributed by atoms with van der Waals surface area (Å²) < 4.78 is 10.2. The van der Waals surface area contributed by atoms with E-state index in [2.05, 4.69) is 19.2 Å². The molecule has 116 valence electrons. The monoisotopic (exact) mass is 291 g/mol. The molecule has 3 atom stereocenters. The first-order valence-corrected chi connectivity index (χ1v) is 7.51. The van der Waals surface area contributed by atoms with Gasteiger partial charge in [0.05, 0.1) is 14.2 Å². The Morgan fingerprint density at radius 1 is 1.19 bits per heavy atom. The molecule has 4 heteroatoms. The van der Waals surface area contributed by atoms with E-state index in [1.807, 2.05) is 24.3 Å². The maximum atomic E-state index is 12.4. The Bertz CT molecular complexity index is 485. The van der Waals surface area contributed by atoms with Crippen molar-refractivity contribution in [3.8, 4) is 5.75 Å². The molecule has 3 unspecified atom stereocenters. The first-order chi connectivity index (χ1) is 10.0. The molecule has 0 radical (unpaired) electrons. The van der Waals surface area contributed by atoms with Gasteiger partial charge in [0, 0.05) is 5.69 Å². The first-order valence-electron chi connectivity index (χ1n) is 7.51. The van der Waals surface area contributed by atoms with Crippen LogP contribution in [0, 0.1) is 11.8 Å². The lowest BCUT2D eigenvalue weighted by Crippen LogP contribution is -2.51. The van der Waals surface area contributed by atoms with Crippen LogP contribution in [0.1, 0.15) is 33.1 Å². The summed E-state index contributed by atoms with van der Waals surface area (Å²) in [5, 5.41) is 3.42. The minimum Gasteiger partial charge on any atom is -0.497 e. The minimum atomic E-state index is -0.616. The van der Waals surface area contributed by atoms with Gasteiger partial charge in [-0.15, -0.1) is 0 Å². The van der Waals surface area contributed by atoms with Crippen molar-refractivity contribution in [2.45, 2.75) is 38.6 Å². The third-order valence-electron chi connectivity index (χ3n) is 4.72. The van der Waals surface area contributed by atoms with Crippen molar-refractivity contribution in [1.29, 1.82) is 0 Å². The number of hydrogen-bond donors (Lipinski definition) is 1. The van der Waals surface area contributed by atoms with E-state index in [4.69, 9.17) is 9.47 Å². The van der Waals surface area contributed by atoms with Crippen molar-refractivity contribution in [2.75, 3.05) is 19.5 Å². The van der Waals surface area contributed by atoms with Gasteiger partial charge in [0.15, 0.2) is 0 Å². The molecule has 0 saturated heterocycles. The van der Waals surface area contributed by atoms with Crippen molar-refractivity contribution < 1.29 is 14.3 Å². The summed E-state index contributed by atoms with van der Waals surface area (Å²) in [4.78, 5) is 12.4. The molecule has 0 bridgehead atoms. The fourth-order valence-corrected chi connectivity index (χ4v) is 3.11. The number of nitrogens with one attached hydrogen (secondary N) is 1. The molecular formula is C17H25NO3. The quantitative estimate of drug-likeness (QED) is 0.863. The van der Waals surface area contributed by atoms with Crippen LogP contribution in [0.3, 0.4) is 0 Å². The van der Waals surface area contributed by atoms with Gasteiger partial charge in [0.2, 0.25) is 0 Å². The molecule has 1 aromatic carbocycles. The average Bonchev–Trinajstić information content (AvgIpc) is 2.51. The fourth-order valence-electron chi connectivity index (χ4n) is 3.11. The van der Waals surface area contributed by atoms with Gasteiger partial charge in [-0.05, 0) is 55.4 Å². The fraction of sp³-hybridized carbons (Fsp3) is 0.588. The summed E-state index contributed by atoms with van der Waals surface area (Å²) in [6.45, 7) is 4.45. The summed E-state index contributed by atoms with van der Waals surface area (Å²) in [7, 11) is 3.10. The number of ether oxygens (including phenoxy) is 2. The summed E-state index contributed by atoms with van der Waals surface area (Å²) in [6, 6.07) is 7.66. The van der Waals surface area contributed by atoms with Gasteiger partial charge in [-0.2, -0.15) is 0 Å². The van der Waals surface area contributed by atoms with E-state index < -0.39 is 5.54 Å². The second kappa shape index (κ2) is 6.37. The summed E-state index contributed by atoms with van der Waals surface area (Å²) in [6.07, 6.45) is 2.63. The van der Waals surface area contributed by atoms with E-state index in [9.17, 15) is 4.79 Å². The normalized spacial score (nSPS) is 28.8. The van der Waals surface area contributed by atoms with Crippen LogP contribution in [-0.2, 0) is 9.53 Å². The third-order valence-corrected chi connectivity index (χ3v) is 4.72. The molecule has 2 rings (SSSR count). The van der Waals surface area contributed by atoms with Crippen molar-refractivity contribution >= 4 is 11.7 Å². The molecule has 21 heavy (non-hydrogen) atoms. The summed E-state index contributed by atoms with van der Waals surface area (Å²) in [5.41, 5.74) is 0.304. The summed E-state index contributed by atoms with van der Waals surface area (Å²) in [5.74, 6) is 1.76. The molecule has 1 aliphatic carbocycles. The smallest absolute Gasteiger partial charge is 0.331 e. The topological polar surface area (TPSA) is 47.6 Å². The predicted molar refractivity (Wildman–Crippen MR) is 83.5 cm³/mol. The van der Waals surface area contributed by atoms with Gasteiger partial charge in [0.25, 0.3) is 0 Å². The number of hydrogen-bond acceptors (Lipinski definition) is 4. The molecule has 1 saturated carbocycles. The molecule has 1 aromatic rings. The molecule has 0 spiro atoms. The Morgan fingerprint density at radius 3 is 2.38 bits per heavy atom. The van der Waals surface area contributed by atoms with Crippen molar-refractivity contribution in [1.82, 2.24) is 0 Å². The van der Waals surface area contributed by atoms with Crippen LogP contribution in [0.2, 0.25) is 0 Å². The van der Waals surface area contributed by atoms with Gasteiger partial charge in [-0.1, -0.05) is 13.8 Å². The van der Waals surface area contributed by atoms with Crippen molar-refractivity contribution in [3.05, 3.63) is 24.3 Å². The second-order valence-corrected chi connectivity index (χ2v) is 6.12. The largest absolute Gasteiger partial charge is 0.497 e. The number of rotatable bonds is 4. The van der Waals surface area contributed by atoms with Crippen LogP contribution in [0.15, 0.2) is 24.3 Å². The molecule has 1 aliphatic rings. The highest BCUT2D eigenvalue weighted by atomic mass is 16.5. The highest BCUT2D eigenvalue weighted by molar-refractivity contribution is 5.84. The van der Waals surface area contributed by atoms with E-state index in [-0.39, 0.29) is 5.97 Å². The maximum Gasteiger partial charge on any atom is 0.331 e. The molecular weight excluding hydrogens is 266 g/mol. The SMILES string of the molecule is COC(=O)C1(Nc2ccc(OC)cc2)CCC(C)C(C)C1. The highest BCUT2D eigenvalue weighted by Gasteiger charge is 2.44. The van der Waals surface area contributed by atoms with Gasteiger partial charge in [0.1, 0.15) is 11.3 Å². The average molecular weight is 291 g/mol. The van der Waals surface area contributed by atoms with E-state index in [1.54, 1.807) is 7.11 Å². The molecule has 0 aromatic heterocycles. The van der Waals surface area contributed by atoms with Crippen molar-refractivity contribution in [3.63, 3.8) is 0 Å². The van der Waals surface area contributed by atoms with E-state index >= 15 is 0 Å². The lowest BCUT2D eigenvalue weighted by atomic mass is 9.71. The molecule has 1 N–H and O–H groups in total. The minimum absolute atomic E-state index is 0.169. The van der Waals surface area contributed by atoms with Crippen LogP contribution < -0.4 is 10.1 Å². The van der Waals surface area contributed by atoms with Gasteiger partial charge in [-0.25, -0.2) is 4.79 Å². The lowest BCUT2D eigenvalue weighted by Gasteiger charge is -2.41. The number of anilines is 1. The van der Waals surface area contributed by atoms with Crippen LogP contribution in [0.4, 0.5) is 5.69 Å². The van der Waals surface area contributed by atoms with Gasteiger partial charge >= 0.3 is 5.97 Å². The zero-order valence-electron chi connectivity index (χ0n) is 13.3. The Kier molecular flexibility index (Phi) is 4.76. The van der Waals surface area contributed by atoms with E-state index in [0.717, 1.165) is 30.7 Å². The van der Waals surface area contributed by atoms with Crippen LogP contribution in [0.25, 0.3) is 0 Å². The second-order valence-electron chi connectivity index (χ2n) is 6.12. The number of benzene rings is 1. The van der Waals surface area contributed by atoms with Gasteiger partial charge in [-0.3, -0.25) is 0 Å². The maximum absolute atomic E-state index is 12.4. The number of methoxy groups -OCH3 is 2. The Balaban J connectivity index is 2.22. The lowest BCUT2D eigenvalue weighted by molar-refractivity contribution is -0.148. The van der Waals surface area contributed by atoms with Crippen LogP contribution >= 0.6 is 0 Å². The molecule has 1 fully saturated rings. The molecule has 0 heterocycles. The zero-order chi connectivity index (χ0) is 15.5. The highest BCUT2D eigenvalue weighted by Crippen LogP contribution is 2.39. The Labute approximate surface area is 126 Å². The third kappa shape index (κ3) is 3.31. The summed E-state index contributed by atoms with van der Waals surface area (Å²) >= 11 is 0.